The Morgan fingerprint density at radius 3 is 2.60 bits per heavy atom. The second kappa shape index (κ2) is 7.57. The summed E-state index contributed by atoms with van der Waals surface area (Å²) in [7, 11) is 0. The first kappa shape index (κ1) is 17.3. The van der Waals surface area contributed by atoms with Crippen LogP contribution in [-0.4, -0.2) is 24.4 Å². The number of hydrogen-bond donors (Lipinski definition) is 3. The number of carbonyl (C=O) groups is 2. The Kier molecular flexibility index (Phi) is 5.24. The predicted octanol–water partition coefficient (Wildman–Crippen LogP) is 3.59. The lowest BCUT2D eigenvalue weighted by atomic mass is 10.1. The Morgan fingerprint density at radius 2 is 1.88 bits per heavy atom. The van der Waals surface area contributed by atoms with Gasteiger partial charge in [0.1, 0.15) is 0 Å². The molecule has 1 aliphatic rings. The Labute approximate surface area is 151 Å². The standard InChI is InChI=1S/C19H20ClN3O2/c1-12-6-9-17(15(20)10-12)21-11-18(24)23-16-5-3-2-4-14(16)19(25)22-13-7-8-13/h2-6,9-10,13,21H,7-8,11H2,1H3,(H,22,25)(H,23,24). The van der Waals surface area contributed by atoms with Gasteiger partial charge in [-0.3, -0.25) is 9.59 Å². The van der Waals surface area contributed by atoms with Crippen molar-refractivity contribution in [1.82, 2.24) is 5.32 Å². The lowest BCUT2D eigenvalue weighted by Gasteiger charge is -2.12. The zero-order valence-electron chi connectivity index (χ0n) is 13.9. The fourth-order valence-corrected chi connectivity index (χ4v) is 2.72. The third-order valence-electron chi connectivity index (χ3n) is 3.92. The highest BCUT2D eigenvalue weighted by atomic mass is 35.5. The van der Waals surface area contributed by atoms with E-state index in [1.807, 2.05) is 25.1 Å². The first-order valence-corrected chi connectivity index (χ1v) is 8.60. The van der Waals surface area contributed by atoms with Crippen LogP contribution in [0.2, 0.25) is 5.02 Å². The van der Waals surface area contributed by atoms with Gasteiger partial charge in [-0.25, -0.2) is 0 Å². The molecule has 1 aliphatic carbocycles. The summed E-state index contributed by atoms with van der Waals surface area (Å²) in [6.45, 7) is 2.01. The third-order valence-corrected chi connectivity index (χ3v) is 4.24. The van der Waals surface area contributed by atoms with Gasteiger partial charge in [0.05, 0.1) is 28.5 Å². The van der Waals surface area contributed by atoms with Crippen molar-refractivity contribution >= 4 is 34.8 Å². The molecule has 2 aromatic carbocycles. The zero-order valence-corrected chi connectivity index (χ0v) is 14.7. The zero-order chi connectivity index (χ0) is 17.8. The van der Waals surface area contributed by atoms with Crippen LogP contribution in [0.4, 0.5) is 11.4 Å². The van der Waals surface area contributed by atoms with E-state index in [0.717, 1.165) is 18.4 Å². The summed E-state index contributed by atoms with van der Waals surface area (Å²) in [4.78, 5) is 24.5. The average molecular weight is 358 g/mol. The van der Waals surface area contributed by atoms with E-state index in [-0.39, 0.29) is 24.4 Å². The van der Waals surface area contributed by atoms with Crippen molar-refractivity contribution in [2.75, 3.05) is 17.2 Å². The maximum Gasteiger partial charge on any atom is 0.253 e. The fourth-order valence-electron chi connectivity index (χ4n) is 2.41. The summed E-state index contributed by atoms with van der Waals surface area (Å²) in [5, 5.41) is 9.29. The number of nitrogens with one attached hydrogen (secondary N) is 3. The summed E-state index contributed by atoms with van der Waals surface area (Å²) in [5.41, 5.74) is 2.72. The molecule has 0 unspecified atom stereocenters. The molecule has 25 heavy (non-hydrogen) atoms. The summed E-state index contributed by atoms with van der Waals surface area (Å²) < 4.78 is 0. The molecular formula is C19H20ClN3O2. The molecule has 3 N–H and O–H groups in total. The highest BCUT2D eigenvalue weighted by molar-refractivity contribution is 6.33. The van der Waals surface area contributed by atoms with Crippen molar-refractivity contribution in [3.8, 4) is 0 Å². The summed E-state index contributed by atoms with van der Waals surface area (Å²) in [5.74, 6) is -0.406. The molecule has 0 aromatic heterocycles. The molecule has 130 valence electrons. The SMILES string of the molecule is Cc1ccc(NCC(=O)Nc2ccccc2C(=O)NC2CC2)c(Cl)c1. The van der Waals surface area contributed by atoms with Gasteiger partial charge in [-0.05, 0) is 49.6 Å². The summed E-state index contributed by atoms with van der Waals surface area (Å²) in [6.07, 6.45) is 2.03. The van der Waals surface area contributed by atoms with Crippen molar-refractivity contribution in [2.45, 2.75) is 25.8 Å². The molecule has 0 heterocycles. The number of anilines is 2. The Balaban J connectivity index is 1.61. The van der Waals surface area contributed by atoms with Crippen LogP contribution < -0.4 is 16.0 Å². The number of hydrogen-bond acceptors (Lipinski definition) is 3. The van der Waals surface area contributed by atoms with Crippen LogP contribution in [-0.2, 0) is 4.79 Å². The van der Waals surface area contributed by atoms with Crippen LogP contribution in [0, 0.1) is 6.92 Å². The summed E-state index contributed by atoms with van der Waals surface area (Å²) in [6, 6.07) is 12.8. The maximum absolute atomic E-state index is 12.3. The number of aryl methyl sites for hydroxylation is 1. The van der Waals surface area contributed by atoms with Gasteiger partial charge >= 0.3 is 0 Å². The molecule has 0 spiro atoms. The molecular weight excluding hydrogens is 338 g/mol. The quantitative estimate of drug-likeness (QED) is 0.740. The van der Waals surface area contributed by atoms with E-state index in [2.05, 4.69) is 16.0 Å². The van der Waals surface area contributed by atoms with Gasteiger partial charge in [-0.1, -0.05) is 29.8 Å². The number of benzene rings is 2. The van der Waals surface area contributed by atoms with E-state index < -0.39 is 0 Å². The highest BCUT2D eigenvalue weighted by Crippen LogP contribution is 2.23. The maximum atomic E-state index is 12.3. The molecule has 2 aromatic rings. The predicted molar refractivity (Wildman–Crippen MR) is 100 cm³/mol. The van der Waals surface area contributed by atoms with Crippen LogP contribution in [0.25, 0.3) is 0 Å². The fraction of sp³-hybridized carbons (Fsp3) is 0.263. The molecule has 2 amide bonds. The molecule has 0 saturated heterocycles. The van der Waals surface area contributed by atoms with Crippen LogP contribution >= 0.6 is 11.6 Å². The van der Waals surface area contributed by atoms with E-state index in [9.17, 15) is 9.59 Å². The molecule has 1 saturated carbocycles. The molecule has 6 heteroatoms. The Morgan fingerprint density at radius 1 is 1.12 bits per heavy atom. The topological polar surface area (TPSA) is 70.2 Å². The van der Waals surface area contributed by atoms with Gasteiger partial charge in [0.2, 0.25) is 5.91 Å². The van der Waals surface area contributed by atoms with E-state index in [1.165, 1.54) is 0 Å². The highest BCUT2D eigenvalue weighted by Gasteiger charge is 2.24. The van der Waals surface area contributed by atoms with Crippen molar-refractivity contribution in [1.29, 1.82) is 0 Å². The second-order valence-electron chi connectivity index (χ2n) is 6.18. The van der Waals surface area contributed by atoms with Gasteiger partial charge in [0.15, 0.2) is 0 Å². The minimum absolute atomic E-state index is 0.0569. The second-order valence-corrected chi connectivity index (χ2v) is 6.59. The minimum Gasteiger partial charge on any atom is -0.375 e. The number of para-hydroxylation sites is 1. The Hall–Kier alpha value is -2.53. The third kappa shape index (κ3) is 4.73. The van der Waals surface area contributed by atoms with Crippen molar-refractivity contribution < 1.29 is 9.59 Å². The normalized spacial score (nSPS) is 13.2. The number of halogens is 1. The van der Waals surface area contributed by atoms with Crippen molar-refractivity contribution in [3.05, 3.63) is 58.6 Å². The minimum atomic E-state index is -0.247. The van der Waals surface area contributed by atoms with Crippen LogP contribution in [0.5, 0.6) is 0 Å². The van der Waals surface area contributed by atoms with E-state index in [4.69, 9.17) is 11.6 Å². The lowest BCUT2D eigenvalue weighted by Crippen LogP contribution is -2.28. The number of amides is 2. The molecule has 3 rings (SSSR count). The van der Waals surface area contributed by atoms with E-state index >= 15 is 0 Å². The van der Waals surface area contributed by atoms with E-state index in [1.54, 1.807) is 24.3 Å². The molecule has 0 aliphatic heterocycles. The van der Waals surface area contributed by atoms with Crippen LogP contribution in [0.15, 0.2) is 42.5 Å². The van der Waals surface area contributed by atoms with Crippen LogP contribution in [0.1, 0.15) is 28.8 Å². The number of carbonyl (C=O) groups excluding carboxylic acids is 2. The van der Waals surface area contributed by atoms with Gasteiger partial charge in [-0.15, -0.1) is 0 Å². The van der Waals surface area contributed by atoms with Gasteiger partial charge in [-0.2, -0.15) is 0 Å². The van der Waals surface area contributed by atoms with Crippen molar-refractivity contribution in [3.63, 3.8) is 0 Å². The van der Waals surface area contributed by atoms with Crippen molar-refractivity contribution in [2.24, 2.45) is 0 Å². The monoisotopic (exact) mass is 357 g/mol. The summed E-state index contributed by atoms with van der Waals surface area (Å²) >= 11 is 6.15. The Bertz CT molecular complexity index is 803. The lowest BCUT2D eigenvalue weighted by molar-refractivity contribution is -0.114. The largest absolute Gasteiger partial charge is 0.375 e. The smallest absolute Gasteiger partial charge is 0.253 e. The molecule has 5 nitrogen and oxygen atoms in total. The number of rotatable bonds is 6. The molecule has 0 bridgehead atoms. The molecule has 0 atom stereocenters. The van der Waals surface area contributed by atoms with Gasteiger partial charge < -0.3 is 16.0 Å². The van der Waals surface area contributed by atoms with Gasteiger partial charge in [0, 0.05) is 6.04 Å². The van der Waals surface area contributed by atoms with E-state index in [0.29, 0.717) is 22.0 Å². The van der Waals surface area contributed by atoms with Gasteiger partial charge in [0.25, 0.3) is 5.91 Å². The molecule has 1 fully saturated rings. The first-order valence-electron chi connectivity index (χ1n) is 8.22. The molecule has 0 radical (unpaired) electrons. The van der Waals surface area contributed by atoms with Crippen LogP contribution in [0.3, 0.4) is 0 Å². The average Bonchev–Trinajstić information content (AvgIpc) is 3.38. The first-order chi connectivity index (χ1) is 12.0.